The largest absolute Gasteiger partial charge is 0.471 e. The van der Waals surface area contributed by atoms with Crippen LogP contribution in [0, 0.1) is 12.0 Å². The number of aliphatic hydroxyl groups is 1. The van der Waals surface area contributed by atoms with E-state index in [-0.39, 0.29) is 0 Å². The van der Waals surface area contributed by atoms with Gasteiger partial charge in [0.2, 0.25) is 0 Å². The van der Waals surface area contributed by atoms with E-state index in [9.17, 15) is 0 Å². The van der Waals surface area contributed by atoms with E-state index in [4.69, 9.17) is 5.11 Å². The molecule has 0 spiro atoms. The van der Waals surface area contributed by atoms with Crippen molar-refractivity contribution in [1.82, 2.24) is 0 Å². The topological polar surface area (TPSA) is 29.5 Å². The summed E-state index contributed by atoms with van der Waals surface area (Å²) in [7, 11) is 1.86. The maximum Gasteiger partial charge on any atom is 0.129 e. The molecule has 0 rings (SSSR count). The first-order valence-corrected chi connectivity index (χ1v) is 4.98. The van der Waals surface area contributed by atoms with Crippen molar-refractivity contribution in [3.05, 3.63) is 0 Å². The summed E-state index contributed by atoms with van der Waals surface area (Å²) in [4.78, 5) is 0. The Labute approximate surface area is 69.1 Å². The van der Waals surface area contributed by atoms with Crippen molar-refractivity contribution in [3.63, 3.8) is 0 Å². The molecule has 1 N–H and O–H groups in total. The minimum atomic E-state index is 0.826. The van der Waals surface area contributed by atoms with Crippen LogP contribution in [-0.4, -0.2) is 26.1 Å². The molecule has 0 saturated carbocycles. The number of unbranched alkanes of at least 4 members (excludes halogenated alkanes) is 2. The van der Waals surface area contributed by atoms with E-state index in [1.165, 1.54) is 0 Å². The fourth-order valence-electron chi connectivity index (χ4n) is 0.321. The van der Waals surface area contributed by atoms with Gasteiger partial charge >= 0.3 is 0 Å². The highest BCUT2D eigenvalue weighted by atomic mass is 28.3. The Balaban J connectivity index is 0. The molecule has 4 heteroatoms. The molecule has 0 atom stereocenters. The third-order valence-corrected chi connectivity index (χ3v) is 0.734. The van der Waals surface area contributed by atoms with Crippen molar-refractivity contribution in [1.29, 1.82) is 0 Å². The van der Waals surface area contributed by atoms with Gasteiger partial charge in [-0.2, -0.15) is 0 Å². The molecule has 0 bridgehead atoms. The van der Waals surface area contributed by atoms with Crippen LogP contribution in [0.5, 0.6) is 0 Å². The van der Waals surface area contributed by atoms with E-state index in [0.29, 0.717) is 0 Å². The molecule has 0 radical (unpaired) electrons. The molecule has 2 nitrogen and oxygen atoms in total. The molecule has 0 fully saturated rings. The summed E-state index contributed by atoms with van der Waals surface area (Å²) < 4.78 is 4.53. The van der Waals surface area contributed by atoms with Crippen LogP contribution in [0.3, 0.4) is 0 Å². The molecule has 0 heterocycles. The summed E-state index contributed by atoms with van der Waals surface area (Å²) in [5.41, 5.74) is 0. The molecule has 60 valence electrons. The van der Waals surface area contributed by atoms with Gasteiger partial charge in [-0.3, -0.25) is 0 Å². The van der Waals surface area contributed by atoms with Crippen LogP contribution >= 0.6 is 0 Å². The summed E-state index contributed by atoms with van der Waals surface area (Å²) in [5, 5.41) is 7.93. The van der Waals surface area contributed by atoms with Gasteiger partial charge in [-0.05, 0) is 6.42 Å². The summed E-state index contributed by atoms with van der Waals surface area (Å²) in [5.74, 6) is 2.55. The Bertz CT molecular complexity index is 95.7. The fraction of sp³-hybridized carbons (Fsp3) is 0.667. The molecular formula is C6H16O2Si2. The lowest BCUT2D eigenvalue weighted by Gasteiger charge is -1.80. The normalized spacial score (nSPS) is 7.30. The maximum atomic E-state index is 7.93. The van der Waals surface area contributed by atoms with Gasteiger partial charge in [0.15, 0.2) is 0 Å². The van der Waals surface area contributed by atoms with Crippen molar-refractivity contribution in [2.45, 2.75) is 26.2 Å². The van der Waals surface area contributed by atoms with Gasteiger partial charge in [0.1, 0.15) is 27.1 Å². The van der Waals surface area contributed by atoms with E-state index in [2.05, 4.69) is 17.0 Å². The van der Waals surface area contributed by atoms with Crippen LogP contribution in [0.25, 0.3) is 0 Å². The highest BCUT2D eigenvalue weighted by molar-refractivity contribution is 6.15. The first-order valence-electron chi connectivity index (χ1n) is 3.35. The van der Waals surface area contributed by atoms with Crippen molar-refractivity contribution in [3.8, 4) is 12.0 Å². The fourth-order valence-corrected chi connectivity index (χ4v) is 0.321. The SMILES string of the molecule is CCCCC#CO.[SiH3]O[SiH3]. The smallest absolute Gasteiger partial charge is 0.129 e. The van der Waals surface area contributed by atoms with E-state index >= 15 is 0 Å². The van der Waals surface area contributed by atoms with Gasteiger partial charge in [-0.15, -0.1) is 0 Å². The van der Waals surface area contributed by atoms with E-state index in [1.807, 2.05) is 6.11 Å². The zero-order chi connectivity index (χ0) is 8.24. The van der Waals surface area contributed by atoms with Gasteiger partial charge in [0.25, 0.3) is 0 Å². The van der Waals surface area contributed by atoms with Gasteiger partial charge in [0.05, 0.1) is 0 Å². The lowest BCUT2D eigenvalue weighted by molar-refractivity contribution is 0.515. The molecule has 0 aliphatic heterocycles. The molecule has 10 heavy (non-hydrogen) atoms. The lowest BCUT2D eigenvalue weighted by atomic mass is 10.3. The average molecular weight is 176 g/mol. The Morgan fingerprint density at radius 1 is 1.50 bits per heavy atom. The summed E-state index contributed by atoms with van der Waals surface area (Å²) in [6.45, 7) is 2.10. The predicted molar refractivity (Wildman–Crippen MR) is 50.2 cm³/mol. The van der Waals surface area contributed by atoms with E-state index < -0.39 is 0 Å². The second-order valence-electron chi connectivity index (χ2n) is 1.80. The number of hydrogen-bond acceptors (Lipinski definition) is 2. The predicted octanol–water partition coefficient (Wildman–Crippen LogP) is -0.926. The highest BCUT2D eigenvalue weighted by Gasteiger charge is 1.73. The zero-order valence-electron chi connectivity index (χ0n) is 6.98. The van der Waals surface area contributed by atoms with Gasteiger partial charge in [-0.1, -0.05) is 19.3 Å². The summed E-state index contributed by atoms with van der Waals surface area (Å²) in [6.07, 6.45) is 4.92. The Morgan fingerprint density at radius 2 is 2.00 bits per heavy atom. The lowest BCUT2D eigenvalue weighted by Crippen LogP contribution is -1.65. The summed E-state index contributed by atoms with van der Waals surface area (Å²) >= 11 is 0. The highest BCUT2D eigenvalue weighted by Crippen LogP contribution is 1.89. The van der Waals surface area contributed by atoms with Crippen molar-refractivity contribution in [2.75, 3.05) is 0 Å². The standard InChI is InChI=1S/C6H10O.H6OSi2/c1-2-3-4-5-6-7;2-1-3/h7H,2-4H2,1H3;2-3H3. The van der Waals surface area contributed by atoms with Crippen molar-refractivity contribution >= 4 is 21.0 Å². The molecule has 0 amide bonds. The number of hydrogen-bond donors (Lipinski definition) is 1. The molecule has 0 unspecified atom stereocenters. The van der Waals surface area contributed by atoms with Crippen LogP contribution in [0.2, 0.25) is 0 Å². The molecule has 0 aliphatic rings. The quantitative estimate of drug-likeness (QED) is 0.335. The van der Waals surface area contributed by atoms with Crippen LogP contribution in [-0.2, 0) is 4.12 Å². The summed E-state index contributed by atoms with van der Waals surface area (Å²) in [6, 6.07) is 0. The second kappa shape index (κ2) is 15.9. The number of rotatable bonds is 2. The average Bonchev–Trinajstić information content (AvgIpc) is 1.91. The first-order chi connectivity index (χ1) is 4.83. The first kappa shape index (κ1) is 12.4. The van der Waals surface area contributed by atoms with Gasteiger partial charge < -0.3 is 9.22 Å². The molecular weight excluding hydrogens is 160 g/mol. The van der Waals surface area contributed by atoms with Gasteiger partial charge in [-0.25, -0.2) is 0 Å². The zero-order valence-corrected chi connectivity index (χ0v) is 11.0. The van der Waals surface area contributed by atoms with Gasteiger partial charge in [0, 0.05) is 6.42 Å². The van der Waals surface area contributed by atoms with Crippen LogP contribution in [0.15, 0.2) is 0 Å². The Kier molecular flexibility index (Phi) is 19.8. The minimum Gasteiger partial charge on any atom is -0.471 e. The van der Waals surface area contributed by atoms with Crippen molar-refractivity contribution in [2.24, 2.45) is 0 Å². The van der Waals surface area contributed by atoms with Crippen LogP contribution in [0.4, 0.5) is 0 Å². The Morgan fingerprint density at radius 3 is 2.30 bits per heavy atom. The molecule has 0 aliphatic carbocycles. The minimum absolute atomic E-state index is 0.826. The molecule has 0 saturated heterocycles. The molecule has 0 aromatic carbocycles. The van der Waals surface area contributed by atoms with E-state index in [1.54, 1.807) is 0 Å². The maximum absolute atomic E-state index is 7.93. The van der Waals surface area contributed by atoms with Crippen LogP contribution in [0.1, 0.15) is 26.2 Å². The van der Waals surface area contributed by atoms with Crippen molar-refractivity contribution < 1.29 is 9.22 Å². The van der Waals surface area contributed by atoms with Crippen LogP contribution < -0.4 is 0 Å². The second-order valence-corrected chi connectivity index (χ2v) is 5.07. The Hall–Kier alpha value is -0.246. The number of aliphatic hydroxyl groups excluding tert-OH is 1. The third-order valence-electron chi connectivity index (χ3n) is 0.734. The third kappa shape index (κ3) is 25.1. The molecule has 0 aromatic heterocycles. The van der Waals surface area contributed by atoms with E-state index in [0.717, 1.165) is 40.2 Å². The monoisotopic (exact) mass is 176 g/mol. The molecule has 0 aromatic rings.